The number of amides is 2. The number of benzene rings is 1. The third-order valence-electron chi connectivity index (χ3n) is 5.23. The van der Waals surface area contributed by atoms with Crippen LogP contribution in [0.25, 0.3) is 0 Å². The first-order valence-electron chi connectivity index (χ1n) is 9.91. The molecule has 0 spiro atoms. The summed E-state index contributed by atoms with van der Waals surface area (Å²) in [6.45, 7) is 4.50. The summed E-state index contributed by atoms with van der Waals surface area (Å²) in [7, 11) is 0. The van der Waals surface area contributed by atoms with E-state index < -0.39 is 17.4 Å². The molecule has 0 bridgehead atoms. The van der Waals surface area contributed by atoms with Gasteiger partial charge in [-0.1, -0.05) is 25.0 Å². The number of para-hydroxylation sites is 1. The Kier molecular flexibility index (Phi) is 7.84. The summed E-state index contributed by atoms with van der Waals surface area (Å²) in [5.41, 5.74) is -0.242. The molecule has 2 rings (SSSR count). The largest absolute Gasteiger partial charge is 0.493 e. The fourth-order valence-electron chi connectivity index (χ4n) is 3.74. The van der Waals surface area contributed by atoms with Gasteiger partial charge in [0, 0.05) is 13.0 Å². The van der Waals surface area contributed by atoms with Crippen molar-refractivity contribution in [2.24, 2.45) is 5.92 Å². The van der Waals surface area contributed by atoms with E-state index in [1.165, 1.54) is 0 Å². The first-order chi connectivity index (χ1) is 13.4. The first-order valence-corrected chi connectivity index (χ1v) is 9.91. The molecule has 7 heteroatoms. The average Bonchev–Trinajstić information content (AvgIpc) is 2.65. The van der Waals surface area contributed by atoms with E-state index in [0.29, 0.717) is 43.7 Å². The first kappa shape index (κ1) is 21.7. The van der Waals surface area contributed by atoms with Crippen LogP contribution >= 0.6 is 0 Å². The van der Waals surface area contributed by atoms with Gasteiger partial charge in [0.2, 0.25) is 5.91 Å². The normalized spacial score (nSPS) is 21.6. The Labute approximate surface area is 165 Å². The van der Waals surface area contributed by atoms with Crippen LogP contribution in [0.4, 0.5) is 0 Å². The Hall–Kier alpha value is -2.57. The molecule has 0 heterocycles. The molecule has 2 unspecified atom stereocenters. The van der Waals surface area contributed by atoms with Crippen molar-refractivity contribution in [2.45, 2.75) is 57.9 Å². The molecule has 2 amide bonds. The van der Waals surface area contributed by atoms with Gasteiger partial charge < -0.3 is 20.5 Å². The number of carbonyl (C=O) groups excluding carboxylic acids is 2. The van der Waals surface area contributed by atoms with Crippen LogP contribution in [-0.2, 0) is 9.59 Å². The molecule has 1 saturated carbocycles. The lowest BCUT2D eigenvalue weighted by Gasteiger charge is -2.39. The van der Waals surface area contributed by atoms with Crippen molar-refractivity contribution in [3.05, 3.63) is 29.8 Å². The minimum atomic E-state index is -0.859. The summed E-state index contributed by atoms with van der Waals surface area (Å²) >= 11 is 0. The zero-order chi connectivity index (χ0) is 20.6. The Balaban J connectivity index is 1.79. The van der Waals surface area contributed by atoms with E-state index in [0.717, 1.165) is 12.8 Å². The molecule has 1 aromatic rings. The van der Waals surface area contributed by atoms with Crippen LogP contribution in [0.2, 0.25) is 0 Å². The zero-order valence-corrected chi connectivity index (χ0v) is 16.6. The smallest absolute Gasteiger partial charge is 0.308 e. The van der Waals surface area contributed by atoms with Crippen molar-refractivity contribution in [3.63, 3.8) is 0 Å². The van der Waals surface area contributed by atoms with E-state index in [1.807, 2.05) is 19.9 Å². The Morgan fingerprint density at radius 3 is 2.71 bits per heavy atom. The molecular weight excluding hydrogens is 360 g/mol. The number of carboxylic acids is 1. The topological polar surface area (TPSA) is 105 Å². The highest BCUT2D eigenvalue weighted by Crippen LogP contribution is 2.33. The van der Waals surface area contributed by atoms with Crippen LogP contribution in [0, 0.1) is 5.92 Å². The summed E-state index contributed by atoms with van der Waals surface area (Å²) in [6, 6.07) is 7.02. The maximum absolute atomic E-state index is 12.3. The van der Waals surface area contributed by atoms with Crippen molar-refractivity contribution >= 4 is 17.8 Å². The predicted octanol–water partition coefficient (Wildman–Crippen LogP) is 2.75. The number of carboxylic acid groups (broad SMARTS) is 1. The van der Waals surface area contributed by atoms with E-state index in [2.05, 4.69) is 10.6 Å². The number of ether oxygens (including phenoxy) is 1. The van der Waals surface area contributed by atoms with Crippen molar-refractivity contribution in [1.82, 2.24) is 10.6 Å². The van der Waals surface area contributed by atoms with Gasteiger partial charge in [-0.05, 0) is 45.2 Å². The number of hydrogen-bond acceptors (Lipinski definition) is 4. The van der Waals surface area contributed by atoms with Crippen LogP contribution < -0.4 is 15.4 Å². The summed E-state index contributed by atoms with van der Waals surface area (Å²) in [5, 5.41) is 15.1. The van der Waals surface area contributed by atoms with Crippen molar-refractivity contribution < 1.29 is 24.2 Å². The molecule has 7 nitrogen and oxygen atoms in total. The second kappa shape index (κ2) is 10.1. The van der Waals surface area contributed by atoms with E-state index in [1.54, 1.807) is 18.2 Å². The molecule has 2 atom stereocenters. The van der Waals surface area contributed by atoms with Crippen LogP contribution in [0.15, 0.2) is 24.3 Å². The quantitative estimate of drug-likeness (QED) is 0.563. The molecular formula is C21H30N2O5. The van der Waals surface area contributed by atoms with Crippen LogP contribution in [0.1, 0.15) is 62.7 Å². The second-order valence-corrected chi connectivity index (χ2v) is 7.39. The number of aliphatic carboxylic acids is 1. The fourth-order valence-corrected chi connectivity index (χ4v) is 3.74. The third kappa shape index (κ3) is 5.71. The van der Waals surface area contributed by atoms with Crippen LogP contribution in [0.3, 0.4) is 0 Å². The van der Waals surface area contributed by atoms with Gasteiger partial charge in [0.05, 0.1) is 23.6 Å². The molecule has 0 saturated heterocycles. The van der Waals surface area contributed by atoms with Gasteiger partial charge in [0.15, 0.2) is 0 Å². The second-order valence-electron chi connectivity index (χ2n) is 7.39. The fraction of sp³-hybridized carbons (Fsp3) is 0.571. The summed E-state index contributed by atoms with van der Waals surface area (Å²) < 4.78 is 5.45. The minimum absolute atomic E-state index is 0.181. The van der Waals surface area contributed by atoms with Crippen molar-refractivity contribution in [2.75, 3.05) is 13.2 Å². The van der Waals surface area contributed by atoms with Crippen molar-refractivity contribution in [1.29, 1.82) is 0 Å². The molecule has 0 radical (unpaired) electrons. The Bertz CT molecular complexity index is 706. The van der Waals surface area contributed by atoms with Gasteiger partial charge in [0.25, 0.3) is 5.91 Å². The van der Waals surface area contributed by atoms with E-state index in [9.17, 15) is 19.5 Å². The Morgan fingerprint density at radius 1 is 1.25 bits per heavy atom. The Morgan fingerprint density at radius 2 is 2.00 bits per heavy atom. The molecule has 1 aromatic carbocycles. The van der Waals surface area contributed by atoms with Crippen LogP contribution in [0.5, 0.6) is 5.75 Å². The highest BCUT2D eigenvalue weighted by atomic mass is 16.5. The highest BCUT2D eigenvalue weighted by molar-refractivity contribution is 5.96. The van der Waals surface area contributed by atoms with Gasteiger partial charge in [-0.25, -0.2) is 0 Å². The maximum atomic E-state index is 12.3. The van der Waals surface area contributed by atoms with E-state index in [-0.39, 0.29) is 18.2 Å². The van der Waals surface area contributed by atoms with Crippen molar-refractivity contribution in [3.8, 4) is 5.75 Å². The lowest BCUT2D eigenvalue weighted by Crippen LogP contribution is -2.55. The summed E-state index contributed by atoms with van der Waals surface area (Å²) in [4.78, 5) is 36.1. The zero-order valence-electron chi connectivity index (χ0n) is 16.6. The number of carbonyl (C=O) groups is 3. The van der Waals surface area contributed by atoms with Crippen LogP contribution in [-0.4, -0.2) is 41.6 Å². The van der Waals surface area contributed by atoms with Gasteiger partial charge in [-0.3, -0.25) is 14.4 Å². The summed E-state index contributed by atoms with van der Waals surface area (Å²) in [6.07, 6.45) is 3.74. The molecule has 1 aliphatic rings. The number of hydrogen-bond donors (Lipinski definition) is 3. The lowest BCUT2D eigenvalue weighted by molar-refractivity contribution is -0.146. The summed E-state index contributed by atoms with van der Waals surface area (Å²) in [5.74, 6) is -1.30. The SMILES string of the molecule is CCOc1ccccc1C(=O)NCCCC(=O)NC1(C)CCCCC1C(=O)O. The molecule has 28 heavy (non-hydrogen) atoms. The maximum Gasteiger partial charge on any atom is 0.308 e. The molecule has 3 N–H and O–H groups in total. The van der Waals surface area contributed by atoms with E-state index >= 15 is 0 Å². The monoisotopic (exact) mass is 390 g/mol. The average molecular weight is 390 g/mol. The third-order valence-corrected chi connectivity index (χ3v) is 5.23. The highest BCUT2D eigenvalue weighted by Gasteiger charge is 2.41. The molecule has 0 aliphatic heterocycles. The van der Waals surface area contributed by atoms with Gasteiger partial charge in [-0.15, -0.1) is 0 Å². The molecule has 0 aromatic heterocycles. The molecule has 1 aliphatic carbocycles. The number of rotatable bonds is 9. The molecule has 1 fully saturated rings. The van der Waals surface area contributed by atoms with Gasteiger partial charge in [-0.2, -0.15) is 0 Å². The lowest BCUT2D eigenvalue weighted by atomic mass is 9.74. The molecule has 154 valence electrons. The van der Waals surface area contributed by atoms with Gasteiger partial charge in [0.1, 0.15) is 5.75 Å². The van der Waals surface area contributed by atoms with Gasteiger partial charge >= 0.3 is 5.97 Å². The standard InChI is InChI=1S/C21H30N2O5/c1-3-28-17-11-5-4-9-15(17)19(25)22-14-8-12-18(24)23-21(2)13-7-6-10-16(21)20(26)27/h4-5,9,11,16H,3,6-8,10,12-14H2,1-2H3,(H,22,25)(H,23,24)(H,26,27). The predicted molar refractivity (Wildman–Crippen MR) is 105 cm³/mol. The number of nitrogens with one attached hydrogen (secondary N) is 2. The van der Waals surface area contributed by atoms with E-state index in [4.69, 9.17) is 4.74 Å². The minimum Gasteiger partial charge on any atom is -0.493 e.